The molecule has 8 nitrogen and oxygen atoms in total. The molecular weight excluding hydrogens is 687 g/mol. The van der Waals surface area contributed by atoms with E-state index in [9.17, 15) is 19.0 Å². The van der Waals surface area contributed by atoms with Crippen LogP contribution >= 0.6 is 7.82 Å². The maximum Gasteiger partial charge on any atom is 0.472 e. The SMILES string of the molecule is CCCCCCCCCCCCCCCCCCCCCCCCC(=O)OC(COC(=O)CCCCCCCCCCCCCC)COP(=O)(O)OC. The van der Waals surface area contributed by atoms with E-state index < -0.39 is 26.5 Å². The Morgan fingerprint density at radius 1 is 0.453 bits per heavy atom. The predicted octanol–water partition coefficient (Wildman–Crippen LogP) is 14.3. The van der Waals surface area contributed by atoms with Gasteiger partial charge in [0, 0.05) is 20.0 Å². The van der Waals surface area contributed by atoms with Crippen molar-refractivity contribution in [3.8, 4) is 0 Å². The summed E-state index contributed by atoms with van der Waals surface area (Å²) in [7, 11) is -3.19. The average molecular weight is 775 g/mol. The number of phosphoric acid groups is 1. The normalized spacial score (nSPS) is 13.2. The van der Waals surface area contributed by atoms with Crippen molar-refractivity contribution in [1.29, 1.82) is 0 Å². The van der Waals surface area contributed by atoms with Crippen LogP contribution in [0.5, 0.6) is 0 Å². The Hall–Kier alpha value is -0.950. The van der Waals surface area contributed by atoms with Gasteiger partial charge in [0.2, 0.25) is 0 Å². The molecule has 0 bridgehead atoms. The van der Waals surface area contributed by atoms with Gasteiger partial charge in [-0.15, -0.1) is 0 Å². The highest BCUT2D eigenvalue weighted by molar-refractivity contribution is 7.47. The van der Waals surface area contributed by atoms with Gasteiger partial charge in [-0.2, -0.15) is 0 Å². The van der Waals surface area contributed by atoms with Crippen LogP contribution in [-0.4, -0.2) is 43.3 Å². The Kier molecular flexibility index (Phi) is 40.0. The number of carbonyl (C=O) groups is 2. The lowest BCUT2D eigenvalue weighted by Gasteiger charge is -2.19. The van der Waals surface area contributed by atoms with Crippen molar-refractivity contribution in [2.24, 2.45) is 0 Å². The highest BCUT2D eigenvalue weighted by Gasteiger charge is 2.24. The summed E-state index contributed by atoms with van der Waals surface area (Å²) in [5.41, 5.74) is 0. The minimum atomic E-state index is -4.25. The van der Waals surface area contributed by atoms with Crippen molar-refractivity contribution in [1.82, 2.24) is 0 Å². The van der Waals surface area contributed by atoms with Crippen LogP contribution in [-0.2, 0) is 32.7 Å². The molecule has 0 spiro atoms. The maximum atomic E-state index is 12.5. The van der Waals surface area contributed by atoms with Crippen molar-refractivity contribution in [2.75, 3.05) is 20.3 Å². The minimum Gasteiger partial charge on any atom is -0.462 e. The van der Waals surface area contributed by atoms with Gasteiger partial charge >= 0.3 is 19.8 Å². The van der Waals surface area contributed by atoms with Crippen LogP contribution in [0.4, 0.5) is 0 Å². The highest BCUT2D eigenvalue weighted by Crippen LogP contribution is 2.42. The summed E-state index contributed by atoms with van der Waals surface area (Å²) in [4.78, 5) is 34.5. The second-order valence-corrected chi connectivity index (χ2v) is 17.1. The Balaban J connectivity index is 3.86. The fourth-order valence-electron chi connectivity index (χ4n) is 6.84. The fraction of sp³-hybridized carbons (Fsp3) is 0.955. The van der Waals surface area contributed by atoms with Crippen LogP contribution in [0, 0.1) is 0 Å². The van der Waals surface area contributed by atoms with Crippen LogP contribution in [0.25, 0.3) is 0 Å². The molecule has 0 aliphatic rings. The Labute approximate surface area is 328 Å². The molecule has 9 heteroatoms. The lowest BCUT2D eigenvalue weighted by Crippen LogP contribution is -2.29. The quantitative estimate of drug-likeness (QED) is 0.0370. The van der Waals surface area contributed by atoms with Gasteiger partial charge in [0.15, 0.2) is 6.10 Å². The topological polar surface area (TPSA) is 108 Å². The molecule has 0 amide bonds. The first-order valence-corrected chi connectivity index (χ1v) is 24.2. The lowest BCUT2D eigenvalue weighted by atomic mass is 10.0. The number of hydrogen-bond donors (Lipinski definition) is 1. The average Bonchev–Trinajstić information content (AvgIpc) is 3.15. The Morgan fingerprint density at radius 2 is 0.736 bits per heavy atom. The second kappa shape index (κ2) is 40.7. The molecule has 0 aliphatic carbocycles. The van der Waals surface area contributed by atoms with Crippen molar-refractivity contribution in [3.05, 3.63) is 0 Å². The number of rotatable bonds is 43. The zero-order valence-corrected chi connectivity index (χ0v) is 36.1. The summed E-state index contributed by atoms with van der Waals surface area (Å²) in [5, 5.41) is 0. The van der Waals surface area contributed by atoms with Crippen LogP contribution in [0.15, 0.2) is 0 Å². The van der Waals surface area contributed by atoms with E-state index in [0.717, 1.165) is 45.6 Å². The van der Waals surface area contributed by atoms with Gasteiger partial charge in [-0.25, -0.2) is 4.57 Å². The molecule has 316 valence electrons. The molecule has 53 heavy (non-hydrogen) atoms. The minimum absolute atomic E-state index is 0.216. The van der Waals surface area contributed by atoms with E-state index in [1.807, 2.05) is 0 Å². The summed E-state index contributed by atoms with van der Waals surface area (Å²) in [6.07, 6.45) is 43.1. The summed E-state index contributed by atoms with van der Waals surface area (Å²) < 4.78 is 32.0. The van der Waals surface area contributed by atoms with Gasteiger partial charge < -0.3 is 14.4 Å². The lowest BCUT2D eigenvalue weighted by molar-refractivity contribution is -0.161. The fourth-order valence-corrected chi connectivity index (χ4v) is 7.30. The van der Waals surface area contributed by atoms with Crippen molar-refractivity contribution >= 4 is 19.8 Å². The molecule has 0 aliphatic heterocycles. The zero-order valence-electron chi connectivity index (χ0n) is 35.2. The van der Waals surface area contributed by atoms with E-state index in [2.05, 4.69) is 18.4 Å². The van der Waals surface area contributed by atoms with E-state index in [1.165, 1.54) is 180 Å². The summed E-state index contributed by atoms with van der Waals surface area (Å²) in [5.74, 6) is -0.786. The second-order valence-electron chi connectivity index (χ2n) is 15.6. The summed E-state index contributed by atoms with van der Waals surface area (Å²) in [6.45, 7) is 3.92. The van der Waals surface area contributed by atoms with Crippen molar-refractivity contribution in [2.45, 2.75) is 251 Å². The van der Waals surface area contributed by atoms with Gasteiger partial charge in [0.05, 0.1) is 6.61 Å². The van der Waals surface area contributed by atoms with E-state index in [4.69, 9.17) is 14.0 Å². The van der Waals surface area contributed by atoms with Crippen LogP contribution < -0.4 is 0 Å². The van der Waals surface area contributed by atoms with E-state index >= 15 is 0 Å². The van der Waals surface area contributed by atoms with Crippen LogP contribution in [0.3, 0.4) is 0 Å². The van der Waals surface area contributed by atoms with Gasteiger partial charge in [0.1, 0.15) is 6.61 Å². The van der Waals surface area contributed by atoms with Gasteiger partial charge in [-0.05, 0) is 12.8 Å². The number of carbonyl (C=O) groups excluding carboxylic acids is 2. The Bertz CT molecular complexity index is 838. The van der Waals surface area contributed by atoms with Crippen LogP contribution in [0.2, 0.25) is 0 Å². The van der Waals surface area contributed by atoms with E-state index in [1.54, 1.807) is 0 Å². The summed E-state index contributed by atoms with van der Waals surface area (Å²) >= 11 is 0. The van der Waals surface area contributed by atoms with E-state index in [0.29, 0.717) is 6.42 Å². The number of ether oxygens (including phenoxy) is 2. The molecule has 0 fully saturated rings. The molecule has 0 aromatic rings. The standard InChI is InChI=1S/C44H87O8P/c1-4-6-8-10-12-14-16-18-19-20-21-22-23-24-25-26-27-29-31-33-35-37-39-44(46)52-42(41-51-53(47,48)49-3)40-50-43(45)38-36-34-32-30-28-17-15-13-11-9-7-5-2/h42H,4-41H2,1-3H3,(H,47,48). The monoisotopic (exact) mass is 775 g/mol. The van der Waals surface area contributed by atoms with Crippen molar-refractivity contribution in [3.63, 3.8) is 0 Å². The molecule has 0 radical (unpaired) electrons. The third kappa shape index (κ3) is 40.5. The molecular formula is C44H87O8P. The predicted molar refractivity (Wildman–Crippen MR) is 221 cm³/mol. The van der Waals surface area contributed by atoms with Gasteiger partial charge in [-0.1, -0.05) is 219 Å². The zero-order chi connectivity index (χ0) is 38.9. The van der Waals surface area contributed by atoms with E-state index in [-0.39, 0.29) is 19.0 Å². The number of hydrogen-bond acceptors (Lipinski definition) is 7. The molecule has 2 unspecified atom stereocenters. The molecule has 0 rings (SSSR count). The molecule has 0 saturated carbocycles. The largest absolute Gasteiger partial charge is 0.472 e. The first kappa shape index (κ1) is 52.0. The third-order valence-electron chi connectivity index (χ3n) is 10.4. The smallest absolute Gasteiger partial charge is 0.462 e. The molecule has 2 atom stereocenters. The highest BCUT2D eigenvalue weighted by atomic mass is 31.2. The molecule has 0 aromatic carbocycles. The maximum absolute atomic E-state index is 12.5. The van der Waals surface area contributed by atoms with Gasteiger partial charge in [0.25, 0.3) is 0 Å². The van der Waals surface area contributed by atoms with Gasteiger partial charge in [-0.3, -0.25) is 18.6 Å². The third-order valence-corrected chi connectivity index (χ3v) is 11.3. The number of phosphoric ester groups is 1. The molecule has 0 saturated heterocycles. The molecule has 0 aromatic heterocycles. The summed E-state index contributed by atoms with van der Waals surface area (Å²) in [6, 6.07) is 0. The first-order chi connectivity index (χ1) is 25.8. The molecule has 1 N–H and O–H groups in total. The molecule has 0 heterocycles. The van der Waals surface area contributed by atoms with Crippen molar-refractivity contribution < 1.29 is 37.6 Å². The van der Waals surface area contributed by atoms with Crippen LogP contribution in [0.1, 0.15) is 245 Å². The first-order valence-electron chi connectivity index (χ1n) is 22.7. The Morgan fingerprint density at radius 3 is 1.04 bits per heavy atom. The number of unbranched alkanes of at least 4 members (excludes halogenated alkanes) is 32. The number of esters is 2.